The van der Waals surface area contributed by atoms with E-state index >= 15 is 0 Å². The van der Waals surface area contributed by atoms with Crippen LogP contribution in [0.25, 0.3) is 5.82 Å². The molecule has 0 aromatic carbocycles. The molecule has 3 rings (SSSR count). The van der Waals surface area contributed by atoms with Gasteiger partial charge >= 0.3 is 0 Å². The first-order valence-electron chi connectivity index (χ1n) is 7.15. The highest BCUT2D eigenvalue weighted by atomic mass is 15.4. The molecule has 1 unspecified atom stereocenters. The molecule has 0 radical (unpaired) electrons. The minimum Gasteiger partial charge on any atom is -0.382 e. The fourth-order valence-corrected chi connectivity index (χ4v) is 2.78. The number of rotatable bonds is 2. The topological polar surface area (TPSA) is 83.8 Å². The summed E-state index contributed by atoms with van der Waals surface area (Å²) in [6.45, 7) is 4.04. The molecule has 0 saturated carbocycles. The third-order valence-electron chi connectivity index (χ3n) is 3.84. The predicted molar refractivity (Wildman–Crippen MR) is 81.1 cm³/mol. The van der Waals surface area contributed by atoms with Crippen LogP contribution in [0, 0.1) is 17.2 Å². The Kier molecular flexibility index (Phi) is 3.48. The van der Waals surface area contributed by atoms with Gasteiger partial charge in [-0.1, -0.05) is 13.0 Å². The van der Waals surface area contributed by atoms with Crippen molar-refractivity contribution in [2.75, 3.05) is 23.7 Å². The highest BCUT2D eigenvalue weighted by molar-refractivity contribution is 5.66. The van der Waals surface area contributed by atoms with Gasteiger partial charge in [-0.3, -0.25) is 0 Å². The Morgan fingerprint density at radius 2 is 2.29 bits per heavy atom. The van der Waals surface area contributed by atoms with E-state index in [1.54, 1.807) is 10.9 Å². The summed E-state index contributed by atoms with van der Waals surface area (Å²) >= 11 is 0. The van der Waals surface area contributed by atoms with Crippen molar-refractivity contribution in [3.63, 3.8) is 0 Å². The Morgan fingerprint density at radius 3 is 2.95 bits per heavy atom. The van der Waals surface area contributed by atoms with E-state index in [1.807, 2.05) is 18.2 Å². The van der Waals surface area contributed by atoms with Crippen molar-refractivity contribution in [1.29, 1.82) is 5.26 Å². The number of piperidine rings is 1. The number of hydrogen-bond acceptors (Lipinski definition) is 5. The van der Waals surface area contributed by atoms with E-state index in [1.165, 1.54) is 6.42 Å². The third-order valence-corrected chi connectivity index (χ3v) is 3.84. The summed E-state index contributed by atoms with van der Waals surface area (Å²) in [5.74, 6) is 2.26. The fraction of sp³-hybridized carbons (Fsp3) is 0.400. The van der Waals surface area contributed by atoms with Crippen molar-refractivity contribution in [1.82, 2.24) is 14.8 Å². The van der Waals surface area contributed by atoms with Gasteiger partial charge in [0.15, 0.2) is 11.6 Å². The summed E-state index contributed by atoms with van der Waals surface area (Å²) in [7, 11) is 0. The molecule has 1 saturated heterocycles. The molecular formula is C15H18N6. The van der Waals surface area contributed by atoms with Gasteiger partial charge in [0.05, 0.1) is 0 Å². The molecule has 0 aliphatic carbocycles. The number of nitriles is 1. The molecule has 6 nitrogen and oxygen atoms in total. The van der Waals surface area contributed by atoms with Crippen LogP contribution in [-0.4, -0.2) is 27.9 Å². The maximum atomic E-state index is 9.43. The van der Waals surface area contributed by atoms with E-state index in [9.17, 15) is 5.26 Å². The lowest BCUT2D eigenvalue weighted by molar-refractivity contribution is 0.444. The van der Waals surface area contributed by atoms with Crippen LogP contribution < -0.4 is 10.6 Å². The molecule has 0 amide bonds. The lowest BCUT2D eigenvalue weighted by Gasteiger charge is -2.31. The molecule has 21 heavy (non-hydrogen) atoms. The number of nitrogens with two attached hydrogens (primary N) is 1. The van der Waals surface area contributed by atoms with Crippen LogP contribution in [0.3, 0.4) is 0 Å². The largest absolute Gasteiger partial charge is 0.382 e. The Labute approximate surface area is 123 Å². The second-order valence-corrected chi connectivity index (χ2v) is 5.49. The minimum atomic E-state index is 0.351. The summed E-state index contributed by atoms with van der Waals surface area (Å²) in [6, 6.07) is 7.72. The van der Waals surface area contributed by atoms with E-state index in [2.05, 4.69) is 28.0 Å². The summed E-state index contributed by atoms with van der Waals surface area (Å²) in [5, 5.41) is 14.0. The number of nitrogens with zero attached hydrogens (tertiary/aromatic N) is 5. The predicted octanol–water partition coefficient (Wildman–Crippen LogP) is 1.96. The Hall–Kier alpha value is -2.55. The molecular weight excluding hydrogens is 264 g/mol. The van der Waals surface area contributed by atoms with Gasteiger partial charge < -0.3 is 10.6 Å². The van der Waals surface area contributed by atoms with Crippen molar-refractivity contribution >= 4 is 11.6 Å². The average Bonchev–Trinajstić information content (AvgIpc) is 2.85. The van der Waals surface area contributed by atoms with Crippen LogP contribution in [0.15, 0.2) is 24.4 Å². The van der Waals surface area contributed by atoms with Gasteiger partial charge in [-0.15, -0.1) is 5.10 Å². The highest BCUT2D eigenvalue weighted by Gasteiger charge is 2.25. The first-order chi connectivity index (χ1) is 10.2. The summed E-state index contributed by atoms with van der Waals surface area (Å²) in [4.78, 5) is 6.41. The van der Waals surface area contributed by atoms with E-state index in [4.69, 9.17) is 5.73 Å². The van der Waals surface area contributed by atoms with Crippen LogP contribution >= 0.6 is 0 Å². The normalized spacial score (nSPS) is 18.5. The van der Waals surface area contributed by atoms with Crippen molar-refractivity contribution in [3.8, 4) is 11.9 Å². The molecule has 2 N–H and O–H groups in total. The van der Waals surface area contributed by atoms with Gasteiger partial charge in [-0.2, -0.15) is 9.94 Å². The number of anilines is 2. The second-order valence-electron chi connectivity index (χ2n) is 5.49. The highest BCUT2D eigenvalue weighted by Crippen LogP contribution is 2.29. The summed E-state index contributed by atoms with van der Waals surface area (Å²) in [6.07, 6.45) is 4.02. The molecule has 3 heterocycles. The van der Waals surface area contributed by atoms with E-state index in [0.717, 1.165) is 19.5 Å². The summed E-state index contributed by atoms with van der Waals surface area (Å²) < 4.78 is 1.55. The van der Waals surface area contributed by atoms with Crippen molar-refractivity contribution in [2.24, 2.45) is 5.92 Å². The lowest BCUT2D eigenvalue weighted by atomic mass is 10.0. The third kappa shape index (κ3) is 2.42. The molecule has 2 aromatic heterocycles. The number of pyridine rings is 1. The van der Waals surface area contributed by atoms with Gasteiger partial charge in [0.1, 0.15) is 17.5 Å². The average molecular weight is 282 g/mol. The zero-order valence-electron chi connectivity index (χ0n) is 12.0. The first kappa shape index (κ1) is 13.4. The fourth-order valence-electron chi connectivity index (χ4n) is 2.78. The van der Waals surface area contributed by atoms with Gasteiger partial charge in [0, 0.05) is 19.3 Å². The van der Waals surface area contributed by atoms with Gasteiger partial charge in [0.25, 0.3) is 0 Å². The molecule has 1 aliphatic rings. The van der Waals surface area contributed by atoms with E-state index in [-0.39, 0.29) is 0 Å². The minimum absolute atomic E-state index is 0.351. The van der Waals surface area contributed by atoms with Crippen molar-refractivity contribution in [3.05, 3.63) is 30.0 Å². The molecule has 0 spiro atoms. The number of hydrogen-bond donors (Lipinski definition) is 1. The van der Waals surface area contributed by atoms with Gasteiger partial charge in [-0.25, -0.2) is 4.98 Å². The number of nitrogen functional groups attached to an aromatic ring is 1. The van der Waals surface area contributed by atoms with Crippen LogP contribution in [-0.2, 0) is 0 Å². The van der Waals surface area contributed by atoms with E-state index in [0.29, 0.717) is 28.9 Å². The van der Waals surface area contributed by atoms with Crippen LogP contribution in [0.5, 0.6) is 0 Å². The quantitative estimate of drug-likeness (QED) is 0.910. The van der Waals surface area contributed by atoms with Gasteiger partial charge in [0.2, 0.25) is 0 Å². The molecule has 2 aromatic rings. The molecule has 6 heteroatoms. The smallest absolute Gasteiger partial charge is 0.171 e. The zero-order valence-corrected chi connectivity index (χ0v) is 12.0. The monoisotopic (exact) mass is 282 g/mol. The van der Waals surface area contributed by atoms with Crippen molar-refractivity contribution < 1.29 is 0 Å². The molecule has 1 aliphatic heterocycles. The van der Waals surface area contributed by atoms with E-state index < -0.39 is 0 Å². The lowest BCUT2D eigenvalue weighted by Crippen LogP contribution is -2.35. The summed E-state index contributed by atoms with van der Waals surface area (Å²) in [5.41, 5.74) is 6.54. The van der Waals surface area contributed by atoms with Gasteiger partial charge in [-0.05, 0) is 30.9 Å². The molecule has 0 bridgehead atoms. The maximum absolute atomic E-state index is 9.43. The van der Waals surface area contributed by atoms with Crippen LogP contribution in [0.4, 0.5) is 11.6 Å². The Balaban J connectivity index is 2.04. The van der Waals surface area contributed by atoms with Crippen LogP contribution in [0.1, 0.15) is 25.3 Å². The molecule has 108 valence electrons. The Morgan fingerprint density at radius 1 is 1.43 bits per heavy atom. The standard InChI is InChI=1S/C15H18N6/c1-11-5-4-8-20(10-11)15-12(9-16)14(17)21(19-15)13-6-2-3-7-18-13/h2-3,6-7,11H,4-5,8,10,17H2,1H3. The Bertz CT molecular complexity index is 669. The van der Waals surface area contributed by atoms with Crippen molar-refractivity contribution in [2.45, 2.75) is 19.8 Å². The zero-order chi connectivity index (χ0) is 14.8. The molecule has 1 fully saturated rings. The first-order valence-corrected chi connectivity index (χ1v) is 7.15. The number of aromatic nitrogens is 3. The van der Waals surface area contributed by atoms with Crippen LogP contribution in [0.2, 0.25) is 0 Å². The SMILES string of the molecule is CC1CCCN(c2nn(-c3ccccn3)c(N)c2C#N)C1. The second kappa shape index (κ2) is 5.44. The maximum Gasteiger partial charge on any atom is 0.171 e. The molecule has 1 atom stereocenters.